The fourth-order valence-electron chi connectivity index (χ4n) is 5.01. The topological polar surface area (TPSA) is 88.5 Å². The predicted octanol–water partition coefficient (Wildman–Crippen LogP) is 5.97. The minimum absolute atomic E-state index is 0.0199. The zero-order valence-corrected chi connectivity index (χ0v) is 23.6. The SMILES string of the molecule is CCOc1ccc(/C(O)=C2/C(=O)C(=O)N(c3cccc(OC)c3)C2c2ccc(N(CC)CC)cc2)c(OCC)c1. The van der Waals surface area contributed by atoms with Gasteiger partial charge in [0.25, 0.3) is 11.7 Å². The molecule has 1 heterocycles. The van der Waals surface area contributed by atoms with E-state index in [4.69, 9.17) is 14.2 Å². The molecule has 0 aliphatic carbocycles. The highest BCUT2D eigenvalue weighted by Crippen LogP contribution is 2.44. The number of rotatable bonds is 11. The number of amides is 1. The lowest BCUT2D eigenvalue weighted by Gasteiger charge is -2.27. The Morgan fingerprint density at radius 3 is 2.20 bits per heavy atom. The average molecular weight is 545 g/mol. The Kier molecular flexibility index (Phi) is 8.99. The van der Waals surface area contributed by atoms with Crippen LogP contribution in [-0.4, -0.2) is 50.2 Å². The highest BCUT2D eigenvalue weighted by Gasteiger charge is 2.47. The van der Waals surface area contributed by atoms with Crippen LogP contribution in [0.25, 0.3) is 5.76 Å². The maximum atomic E-state index is 13.6. The summed E-state index contributed by atoms with van der Waals surface area (Å²) in [4.78, 5) is 30.8. The van der Waals surface area contributed by atoms with Gasteiger partial charge in [0, 0.05) is 36.6 Å². The van der Waals surface area contributed by atoms with Crippen molar-refractivity contribution in [2.24, 2.45) is 0 Å². The monoisotopic (exact) mass is 544 g/mol. The number of aliphatic hydroxyl groups excluding tert-OH is 1. The number of nitrogens with zero attached hydrogens (tertiary/aromatic N) is 2. The molecule has 1 N–H and O–H groups in total. The Hall–Kier alpha value is -4.46. The number of hydrogen-bond donors (Lipinski definition) is 1. The molecule has 4 rings (SSSR count). The van der Waals surface area contributed by atoms with E-state index in [1.165, 1.54) is 12.0 Å². The number of anilines is 2. The van der Waals surface area contributed by atoms with Gasteiger partial charge in [0.2, 0.25) is 0 Å². The van der Waals surface area contributed by atoms with Crippen molar-refractivity contribution in [2.75, 3.05) is 43.2 Å². The van der Waals surface area contributed by atoms with Crippen molar-refractivity contribution < 1.29 is 28.9 Å². The molecular weight excluding hydrogens is 508 g/mol. The first kappa shape index (κ1) is 28.5. The van der Waals surface area contributed by atoms with Gasteiger partial charge in [-0.25, -0.2) is 0 Å². The number of aliphatic hydroxyl groups is 1. The molecule has 3 aromatic carbocycles. The van der Waals surface area contributed by atoms with Crippen LogP contribution in [0.2, 0.25) is 0 Å². The summed E-state index contributed by atoms with van der Waals surface area (Å²) in [7, 11) is 1.54. The van der Waals surface area contributed by atoms with Crippen molar-refractivity contribution in [2.45, 2.75) is 33.7 Å². The minimum atomic E-state index is -0.876. The van der Waals surface area contributed by atoms with Crippen molar-refractivity contribution in [3.05, 3.63) is 83.4 Å². The summed E-state index contributed by atoms with van der Waals surface area (Å²) in [5.74, 6) is -0.365. The molecule has 1 saturated heterocycles. The van der Waals surface area contributed by atoms with Gasteiger partial charge in [0.05, 0.1) is 37.5 Å². The van der Waals surface area contributed by atoms with Crippen molar-refractivity contribution in [1.82, 2.24) is 0 Å². The zero-order chi connectivity index (χ0) is 28.8. The third-order valence-corrected chi connectivity index (χ3v) is 6.93. The molecule has 1 aliphatic rings. The molecule has 40 heavy (non-hydrogen) atoms. The normalized spacial score (nSPS) is 16.2. The maximum absolute atomic E-state index is 13.6. The smallest absolute Gasteiger partial charge is 0.300 e. The molecule has 1 atom stereocenters. The summed E-state index contributed by atoms with van der Waals surface area (Å²) in [5, 5.41) is 11.7. The number of carbonyl (C=O) groups is 2. The quantitative estimate of drug-likeness (QED) is 0.181. The van der Waals surface area contributed by atoms with E-state index in [2.05, 4.69) is 18.7 Å². The molecule has 1 fully saturated rings. The van der Waals surface area contributed by atoms with Crippen LogP contribution >= 0.6 is 0 Å². The van der Waals surface area contributed by atoms with Gasteiger partial charge in [0.1, 0.15) is 23.0 Å². The Bertz CT molecular complexity index is 1390. The first-order chi connectivity index (χ1) is 19.4. The van der Waals surface area contributed by atoms with Gasteiger partial charge >= 0.3 is 0 Å². The summed E-state index contributed by atoms with van der Waals surface area (Å²) >= 11 is 0. The summed E-state index contributed by atoms with van der Waals surface area (Å²) in [5.41, 5.74) is 2.47. The molecule has 0 spiro atoms. The van der Waals surface area contributed by atoms with E-state index in [-0.39, 0.29) is 11.3 Å². The fourth-order valence-corrected chi connectivity index (χ4v) is 5.01. The molecule has 8 heteroatoms. The molecule has 8 nitrogen and oxygen atoms in total. The zero-order valence-electron chi connectivity index (χ0n) is 23.6. The van der Waals surface area contributed by atoms with E-state index in [1.54, 1.807) is 42.5 Å². The van der Waals surface area contributed by atoms with Gasteiger partial charge < -0.3 is 24.2 Å². The Labute approximate surface area is 235 Å². The van der Waals surface area contributed by atoms with Gasteiger partial charge in [-0.1, -0.05) is 18.2 Å². The second-order valence-corrected chi connectivity index (χ2v) is 9.16. The Morgan fingerprint density at radius 2 is 1.57 bits per heavy atom. The van der Waals surface area contributed by atoms with Gasteiger partial charge in [-0.3, -0.25) is 14.5 Å². The van der Waals surface area contributed by atoms with Crippen molar-refractivity contribution in [3.63, 3.8) is 0 Å². The van der Waals surface area contributed by atoms with E-state index < -0.39 is 17.7 Å². The van der Waals surface area contributed by atoms with Gasteiger partial charge in [-0.2, -0.15) is 0 Å². The van der Waals surface area contributed by atoms with E-state index in [0.717, 1.165) is 18.8 Å². The minimum Gasteiger partial charge on any atom is -0.507 e. The third-order valence-electron chi connectivity index (χ3n) is 6.93. The first-order valence-electron chi connectivity index (χ1n) is 13.6. The largest absolute Gasteiger partial charge is 0.507 e. The second kappa shape index (κ2) is 12.6. The molecule has 0 radical (unpaired) electrons. The van der Waals surface area contributed by atoms with Crippen LogP contribution in [0.4, 0.5) is 11.4 Å². The van der Waals surface area contributed by atoms with Gasteiger partial charge in [-0.15, -0.1) is 0 Å². The highest BCUT2D eigenvalue weighted by molar-refractivity contribution is 6.51. The Morgan fingerprint density at radius 1 is 0.875 bits per heavy atom. The van der Waals surface area contributed by atoms with E-state index in [0.29, 0.717) is 47.3 Å². The molecule has 3 aromatic rings. The summed E-state index contributed by atoms with van der Waals surface area (Å²) in [6.07, 6.45) is 0. The second-order valence-electron chi connectivity index (χ2n) is 9.16. The number of ether oxygens (including phenoxy) is 3. The van der Waals surface area contributed by atoms with E-state index >= 15 is 0 Å². The third kappa shape index (κ3) is 5.47. The number of methoxy groups -OCH3 is 1. The first-order valence-corrected chi connectivity index (χ1v) is 13.6. The molecular formula is C32H36N2O6. The summed E-state index contributed by atoms with van der Waals surface area (Å²) in [6, 6.07) is 18.8. The number of hydrogen-bond acceptors (Lipinski definition) is 7. The number of carbonyl (C=O) groups excluding carboxylic acids is 2. The Balaban J connectivity index is 1.93. The standard InChI is InChI=1S/C32H36N2O6/c1-6-33(7-2)22-15-13-21(14-16-22)29-28(30(35)26-18-17-25(39-8-3)20-27(26)40-9-4)31(36)32(37)34(29)23-11-10-12-24(19-23)38-5/h10-20,29,35H,6-9H2,1-5H3/b30-28-. The maximum Gasteiger partial charge on any atom is 0.300 e. The molecule has 0 bridgehead atoms. The lowest BCUT2D eigenvalue weighted by Crippen LogP contribution is -2.29. The van der Waals surface area contributed by atoms with Crippen LogP contribution in [0.3, 0.4) is 0 Å². The van der Waals surface area contributed by atoms with E-state index in [9.17, 15) is 14.7 Å². The van der Waals surface area contributed by atoms with Crippen molar-refractivity contribution in [1.29, 1.82) is 0 Å². The number of ketones is 1. The molecule has 1 aliphatic heterocycles. The van der Waals surface area contributed by atoms with E-state index in [1.807, 2.05) is 38.1 Å². The van der Waals surface area contributed by atoms with Gasteiger partial charge in [-0.05, 0) is 69.7 Å². The number of Topliss-reactive ketones (excluding diaryl/α,β-unsaturated/α-hetero) is 1. The van der Waals surface area contributed by atoms with Crippen LogP contribution in [0, 0.1) is 0 Å². The van der Waals surface area contributed by atoms with Gasteiger partial charge in [0.15, 0.2) is 0 Å². The lowest BCUT2D eigenvalue weighted by molar-refractivity contribution is -0.132. The molecule has 1 amide bonds. The molecule has 0 saturated carbocycles. The highest BCUT2D eigenvalue weighted by atomic mass is 16.5. The van der Waals surface area contributed by atoms with Crippen molar-refractivity contribution in [3.8, 4) is 17.2 Å². The van der Waals surface area contributed by atoms with Crippen molar-refractivity contribution >= 4 is 28.8 Å². The predicted molar refractivity (Wildman–Crippen MR) is 157 cm³/mol. The number of benzene rings is 3. The summed E-state index contributed by atoms with van der Waals surface area (Å²) < 4.78 is 16.8. The fraction of sp³-hybridized carbons (Fsp3) is 0.312. The van der Waals surface area contributed by atoms with Crippen LogP contribution < -0.4 is 24.0 Å². The molecule has 1 unspecified atom stereocenters. The van der Waals surface area contributed by atoms with Crippen LogP contribution in [-0.2, 0) is 9.59 Å². The lowest BCUT2D eigenvalue weighted by atomic mass is 9.94. The average Bonchev–Trinajstić information content (AvgIpc) is 3.24. The van der Waals surface area contributed by atoms with Crippen LogP contribution in [0.1, 0.15) is 44.9 Å². The molecule has 0 aromatic heterocycles. The van der Waals surface area contributed by atoms with Crippen LogP contribution in [0.5, 0.6) is 17.2 Å². The summed E-state index contributed by atoms with van der Waals surface area (Å²) in [6.45, 7) is 10.4. The molecule has 210 valence electrons. The van der Waals surface area contributed by atoms with Crippen LogP contribution in [0.15, 0.2) is 72.3 Å².